The number of aromatic nitrogens is 1. The summed E-state index contributed by atoms with van der Waals surface area (Å²) in [6.07, 6.45) is -2.55. The van der Waals surface area contributed by atoms with Crippen LogP contribution in [0.4, 0.5) is 19.0 Å². The van der Waals surface area contributed by atoms with Gasteiger partial charge in [-0.25, -0.2) is 4.98 Å². The zero-order valence-electron chi connectivity index (χ0n) is 14.9. The average Bonchev–Trinajstić information content (AvgIpc) is 2.92. The van der Waals surface area contributed by atoms with E-state index in [1.807, 2.05) is 19.9 Å². The number of hydrogen-bond acceptors (Lipinski definition) is 4. The van der Waals surface area contributed by atoms with Gasteiger partial charge in [0.05, 0.1) is 0 Å². The monoisotopic (exact) mass is 380 g/mol. The smallest absolute Gasteiger partial charge is 0.406 e. The molecule has 27 heavy (non-hydrogen) atoms. The van der Waals surface area contributed by atoms with Crippen LogP contribution in [0.3, 0.4) is 0 Å². The molecule has 1 aliphatic heterocycles. The summed E-state index contributed by atoms with van der Waals surface area (Å²) in [6, 6.07) is 9.69. The number of pyridine rings is 1. The van der Waals surface area contributed by atoms with Crippen LogP contribution in [-0.4, -0.2) is 35.8 Å². The molecular weight excluding hydrogens is 361 g/mol. The lowest BCUT2D eigenvalue weighted by Crippen LogP contribution is -2.42. The summed E-state index contributed by atoms with van der Waals surface area (Å²) >= 11 is 0. The van der Waals surface area contributed by atoms with Crippen molar-refractivity contribution in [3.05, 3.63) is 48.2 Å². The summed E-state index contributed by atoms with van der Waals surface area (Å²) in [7, 11) is 0. The highest BCUT2D eigenvalue weighted by Crippen LogP contribution is 2.41. The molecule has 2 aromatic rings. The molecule has 144 valence electrons. The van der Waals surface area contributed by atoms with Gasteiger partial charge >= 0.3 is 6.18 Å². The number of carbonyl (C=O) groups excluding carboxylic acids is 1. The van der Waals surface area contributed by atoms with E-state index >= 15 is 0 Å². The lowest BCUT2D eigenvalue weighted by atomic mass is 10.0. The topological polar surface area (TPSA) is 51.7 Å². The Balaban J connectivity index is 1.75. The Morgan fingerprint density at radius 2 is 2.04 bits per heavy atom. The van der Waals surface area contributed by atoms with Gasteiger partial charge in [-0.05, 0) is 32.0 Å². The van der Waals surface area contributed by atoms with Crippen LogP contribution in [-0.2, 0) is 11.2 Å². The number of halogens is 3. The molecule has 0 spiro atoms. The van der Waals surface area contributed by atoms with Gasteiger partial charge in [0.1, 0.15) is 18.0 Å². The van der Waals surface area contributed by atoms with Crippen molar-refractivity contribution in [2.45, 2.75) is 32.0 Å². The number of amides is 1. The molecule has 0 saturated carbocycles. The summed E-state index contributed by atoms with van der Waals surface area (Å²) < 4.78 is 50.0. The van der Waals surface area contributed by atoms with Crippen molar-refractivity contribution in [1.82, 2.24) is 4.98 Å². The Morgan fingerprint density at radius 1 is 1.26 bits per heavy atom. The fourth-order valence-corrected chi connectivity index (χ4v) is 2.91. The molecule has 0 radical (unpaired) electrons. The second-order valence-electron chi connectivity index (χ2n) is 6.85. The van der Waals surface area contributed by atoms with E-state index in [0.717, 1.165) is 5.56 Å². The molecule has 0 aliphatic carbocycles. The average molecular weight is 380 g/mol. The third-order valence-corrected chi connectivity index (χ3v) is 3.97. The first-order valence-electron chi connectivity index (χ1n) is 8.36. The third kappa shape index (κ3) is 4.69. The van der Waals surface area contributed by atoms with Gasteiger partial charge in [0.25, 0.3) is 5.91 Å². The van der Waals surface area contributed by atoms with E-state index < -0.39 is 30.8 Å². The van der Waals surface area contributed by atoms with Gasteiger partial charge in [0.2, 0.25) is 0 Å². The van der Waals surface area contributed by atoms with Crippen LogP contribution in [0.2, 0.25) is 0 Å². The number of anilines is 1. The fraction of sp³-hybridized carbons (Fsp3) is 0.368. The highest BCUT2D eigenvalue weighted by Gasteiger charge is 2.35. The van der Waals surface area contributed by atoms with Crippen molar-refractivity contribution in [2.24, 2.45) is 0 Å². The quantitative estimate of drug-likeness (QED) is 0.792. The van der Waals surface area contributed by atoms with Crippen LogP contribution in [0, 0.1) is 0 Å². The van der Waals surface area contributed by atoms with Crippen LogP contribution in [0.15, 0.2) is 42.6 Å². The number of rotatable bonds is 5. The van der Waals surface area contributed by atoms with Crippen LogP contribution >= 0.6 is 0 Å². The zero-order valence-corrected chi connectivity index (χ0v) is 14.9. The molecular formula is C19H19F3N2O3. The summed E-state index contributed by atoms with van der Waals surface area (Å²) in [6.45, 7) is 1.84. The second-order valence-corrected chi connectivity index (χ2v) is 6.85. The first-order valence-corrected chi connectivity index (χ1v) is 8.36. The first-order chi connectivity index (χ1) is 12.6. The molecule has 1 aromatic heterocycles. The molecule has 0 saturated heterocycles. The molecule has 8 heteroatoms. The number of carbonyl (C=O) groups is 1. The van der Waals surface area contributed by atoms with Gasteiger partial charge in [0.15, 0.2) is 18.1 Å². The maximum Gasteiger partial charge on any atom is 0.406 e. The number of alkyl halides is 3. The number of fused-ring (bicyclic) bond motifs is 1. The van der Waals surface area contributed by atoms with Gasteiger partial charge in [-0.1, -0.05) is 18.2 Å². The van der Waals surface area contributed by atoms with Gasteiger partial charge < -0.3 is 9.47 Å². The van der Waals surface area contributed by atoms with Crippen LogP contribution < -0.4 is 14.4 Å². The zero-order chi connectivity index (χ0) is 19.7. The van der Waals surface area contributed by atoms with E-state index in [4.69, 9.17) is 9.47 Å². The molecule has 3 rings (SSSR count). The predicted molar refractivity (Wildman–Crippen MR) is 93.0 cm³/mol. The van der Waals surface area contributed by atoms with Crippen molar-refractivity contribution < 1.29 is 27.4 Å². The van der Waals surface area contributed by atoms with E-state index in [2.05, 4.69) is 4.98 Å². The molecule has 0 atom stereocenters. The molecule has 0 N–H and O–H groups in total. The van der Waals surface area contributed by atoms with Crippen molar-refractivity contribution in [3.63, 3.8) is 0 Å². The highest BCUT2D eigenvalue weighted by atomic mass is 19.4. The minimum atomic E-state index is -4.56. The molecule has 5 nitrogen and oxygen atoms in total. The lowest BCUT2D eigenvalue weighted by molar-refractivity contribution is -0.133. The van der Waals surface area contributed by atoms with E-state index in [1.54, 1.807) is 18.2 Å². The SMILES string of the molecule is CC1(C)Cc2cccc(OCC(=O)N(CC(F)(F)F)c3ccccn3)c2O1. The van der Waals surface area contributed by atoms with E-state index in [9.17, 15) is 18.0 Å². The van der Waals surface area contributed by atoms with Gasteiger partial charge in [-0.15, -0.1) is 0 Å². The summed E-state index contributed by atoms with van der Waals surface area (Å²) in [5.41, 5.74) is 0.532. The number of ether oxygens (including phenoxy) is 2. The molecule has 2 heterocycles. The molecule has 1 aliphatic rings. The Labute approximate surface area is 154 Å². The highest BCUT2D eigenvalue weighted by molar-refractivity contribution is 5.93. The number of hydrogen-bond donors (Lipinski definition) is 0. The third-order valence-electron chi connectivity index (χ3n) is 3.97. The molecule has 0 bridgehead atoms. The minimum Gasteiger partial charge on any atom is -0.483 e. The summed E-state index contributed by atoms with van der Waals surface area (Å²) in [5, 5.41) is 0. The summed E-state index contributed by atoms with van der Waals surface area (Å²) in [5.74, 6) is -0.0742. The van der Waals surface area contributed by atoms with E-state index in [1.165, 1.54) is 18.3 Å². The van der Waals surface area contributed by atoms with Crippen molar-refractivity contribution in [3.8, 4) is 11.5 Å². The van der Waals surface area contributed by atoms with Gasteiger partial charge in [0, 0.05) is 18.2 Å². The molecule has 1 amide bonds. The first kappa shape index (κ1) is 19.0. The molecule has 0 fully saturated rings. The maximum absolute atomic E-state index is 12.9. The predicted octanol–water partition coefficient (Wildman–Crippen LogP) is 3.77. The van der Waals surface area contributed by atoms with Crippen LogP contribution in [0.1, 0.15) is 19.4 Å². The Hall–Kier alpha value is -2.77. The van der Waals surface area contributed by atoms with E-state index in [0.29, 0.717) is 22.8 Å². The van der Waals surface area contributed by atoms with Gasteiger partial charge in [-0.3, -0.25) is 9.69 Å². The summed E-state index contributed by atoms with van der Waals surface area (Å²) in [4.78, 5) is 16.8. The van der Waals surface area contributed by atoms with Crippen molar-refractivity contribution in [1.29, 1.82) is 0 Å². The lowest BCUT2D eigenvalue weighted by Gasteiger charge is -2.23. The van der Waals surface area contributed by atoms with Crippen molar-refractivity contribution in [2.75, 3.05) is 18.1 Å². The number of para-hydroxylation sites is 1. The molecule has 0 unspecified atom stereocenters. The Bertz CT molecular complexity index is 823. The minimum absolute atomic E-state index is 0.0842. The van der Waals surface area contributed by atoms with Crippen molar-refractivity contribution >= 4 is 11.7 Å². The fourth-order valence-electron chi connectivity index (χ4n) is 2.91. The number of nitrogens with zero attached hydrogens (tertiary/aromatic N) is 2. The number of benzene rings is 1. The second kappa shape index (κ2) is 7.09. The van der Waals surface area contributed by atoms with Crippen LogP contribution in [0.5, 0.6) is 11.5 Å². The Kier molecular flexibility index (Phi) is 4.99. The molecule has 1 aromatic carbocycles. The maximum atomic E-state index is 12.9. The standard InChI is InChI=1S/C19H19F3N2O3/c1-18(2)10-13-6-5-7-14(17(13)27-18)26-11-16(25)24(12-19(20,21)22)15-8-3-4-9-23-15/h3-9H,10-12H2,1-2H3. The Morgan fingerprint density at radius 3 is 2.70 bits per heavy atom. The van der Waals surface area contributed by atoms with Gasteiger partial charge in [-0.2, -0.15) is 13.2 Å². The van der Waals surface area contributed by atoms with Crippen LogP contribution in [0.25, 0.3) is 0 Å². The largest absolute Gasteiger partial charge is 0.483 e. The normalized spacial score (nSPS) is 15.0. The van der Waals surface area contributed by atoms with E-state index in [-0.39, 0.29) is 5.82 Å².